The molecule has 6 nitrogen and oxygen atoms in total. The summed E-state index contributed by atoms with van der Waals surface area (Å²) >= 11 is 0. The Morgan fingerprint density at radius 2 is 1.93 bits per heavy atom. The monoisotopic (exact) mass is 371 g/mol. The van der Waals surface area contributed by atoms with E-state index < -0.39 is 5.41 Å². The summed E-state index contributed by atoms with van der Waals surface area (Å²) < 4.78 is 0. The number of aromatic nitrogens is 1. The number of carbonyl (C=O) groups excluding carboxylic acids is 3. The van der Waals surface area contributed by atoms with Gasteiger partial charge < -0.3 is 14.8 Å². The van der Waals surface area contributed by atoms with Gasteiger partial charge in [-0.15, -0.1) is 0 Å². The van der Waals surface area contributed by atoms with Crippen molar-refractivity contribution in [3.8, 4) is 0 Å². The summed E-state index contributed by atoms with van der Waals surface area (Å²) in [6.45, 7) is 8.04. The van der Waals surface area contributed by atoms with E-state index in [4.69, 9.17) is 0 Å². The van der Waals surface area contributed by atoms with E-state index in [0.29, 0.717) is 30.3 Å². The molecule has 3 fully saturated rings. The van der Waals surface area contributed by atoms with Crippen LogP contribution in [0.15, 0.2) is 0 Å². The van der Waals surface area contributed by atoms with Gasteiger partial charge in [-0.25, -0.2) is 0 Å². The SMILES string of the molecule is CC(=O)c1[nH]c(C)c(C(=O)N2CC[C@@]3(CCCN(CC4CC4)C3=O)C2)c1C. The zero-order chi connectivity index (χ0) is 19.3. The third-order valence-electron chi connectivity index (χ3n) is 6.64. The van der Waals surface area contributed by atoms with E-state index in [9.17, 15) is 14.4 Å². The quantitative estimate of drug-likeness (QED) is 0.827. The normalized spacial score (nSPS) is 25.5. The number of aromatic amines is 1. The van der Waals surface area contributed by atoms with E-state index in [1.807, 2.05) is 18.7 Å². The molecule has 2 saturated heterocycles. The lowest BCUT2D eigenvalue weighted by Gasteiger charge is -2.39. The third-order valence-corrected chi connectivity index (χ3v) is 6.64. The number of amides is 2. The minimum Gasteiger partial charge on any atom is -0.355 e. The van der Waals surface area contributed by atoms with E-state index >= 15 is 0 Å². The van der Waals surface area contributed by atoms with Crippen LogP contribution in [0, 0.1) is 25.2 Å². The smallest absolute Gasteiger partial charge is 0.255 e. The molecule has 1 N–H and O–H groups in total. The lowest BCUT2D eigenvalue weighted by molar-refractivity contribution is -0.145. The molecule has 1 aliphatic carbocycles. The second-order valence-electron chi connectivity index (χ2n) is 8.74. The predicted molar refractivity (Wildman–Crippen MR) is 102 cm³/mol. The average Bonchev–Trinajstić information content (AvgIpc) is 3.25. The molecule has 3 heterocycles. The number of carbonyl (C=O) groups is 3. The van der Waals surface area contributed by atoms with Gasteiger partial charge >= 0.3 is 0 Å². The summed E-state index contributed by atoms with van der Waals surface area (Å²) in [5.74, 6) is 0.824. The lowest BCUT2D eigenvalue weighted by atomic mass is 9.78. The van der Waals surface area contributed by atoms with Gasteiger partial charge in [0.05, 0.1) is 16.7 Å². The second-order valence-corrected chi connectivity index (χ2v) is 8.74. The van der Waals surface area contributed by atoms with E-state index in [1.165, 1.54) is 19.8 Å². The van der Waals surface area contributed by atoms with Crippen LogP contribution < -0.4 is 0 Å². The summed E-state index contributed by atoms with van der Waals surface area (Å²) in [5.41, 5.74) is 2.15. The number of hydrogen-bond donors (Lipinski definition) is 1. The second kappa shape index (κ2) is 6.50. The standard InChI is InChI=1S/C21H29N3O3/c1-13-17(14(2)22-18(13)15(3)25)19(26)24-10-8-21(12-24)7-4-9-23(20(21)27)11-16-5-6-16/h16,22H,4-12H2,1-3H3/t21-/m0/s1. The maximum absolute atomic E-state index is 13.2. The van der Waals surface area contributed by atoms with E-state index in [2.05, 4.69) is 9.88 Å². The van der Waals surface area contributed by atoms with Crippen LogP contribution in [0.3, 0.4) is 0 Å². The molecule has 4 rings (SSSR count). The average molecular weight is 371 g/mol. The minimum absolute atomic E-state index is 0.0576. The largest absolute Gasteiger partial charge is 0.355 e. The van der Waals surface area contributed by atoms with Crippen LogP contribution in [0.1, 0.15) is 71.1 Å². The summed E-state index contributed by atoms with van der Waals surface area (Å²) in [4.78, 5) is 45.1. The number of piperidine rings is 1. The maximum Gasteiger partial charge on any atom is 0.255 e. The summed E-state index contributed by atoms with van der Waals surface area (Å²) in [6, 6.07) is 0. The Kier molecular flexibility index (Phi) is 4.40. The Morgan fingerprint density at radius 3 is 2.56 bits per heavy atom. The van der Waals surface area contributed by atoms with Crippen LogP contribution in [0.5, 0.6) is 0 Å². The fourth-order valence-corrected chi connectivity index (χ4v) is 4.94. The molecule has 0 radical (unpaired) electrons. The first-order valence-corrected chi connectivity index (χ1v) is 10.1. The highest BCUT2D eigenvalue weighted by molar-refractivity contribution is 6.03. The third kappa shape index (κ3) is 3.09. The molecular formula is C21H29N3O3. The van der Waals surface area contributed by atoms with Crippen molar-refractivity contribution in [1.82, 2.24) is 14.8 Å². The molecule has 146 valence electrons. The number of hydrogen-bond acceptors (Lipinski definition) is 3. The molecule has 0 bridgehead atoms. The molecule has 1 saturated carbocycles. The highest BCUT2D eigenvalue weighted by atomic mass is 16.2. The fourth-order valence-electron chi connectivity index (χ4n) is 4.94. The Hall–Kier alpha value is -2.11. The Morgan fingerprint density at radius 1 is 1.19 bits per heavy atom. The van der Waals surface area contributed by atoms with E-state index in [0.717, 1.165) is 43.6 Å². The van der Waals surface area contributed by atoms with Crippen molar-refractivity contribution in [1.29, 1.82) is 0 Å². The van der Waals surface area contributed by atoms with Crippen molar-refractivity contribution in [2.75, 3.05) is 26.2 Å². The van der Waals surface area contributed by atoms with Crippen molar-refractivity contribution in [2.45, 2.75) is 52.9 Å². The summed E-state index contributed by atoms with van der Waals surface area (Å²) in [6.07, 6.45) is 5.14. The van der Waals surface area contributed by atoms with Gasteiger partial charge in [-0.1, -0.05) is 0 Å². The van der Waals surface area contributed by atoms with Crippen LogP contribution in [-0.2, 0) is 4.79 Å². The van der Waals surface area contributed by atoms with E-state index in [1.54, 1.807) is 0 Å². The van der Waals surface area contributed by atoms with Crippen LogP contribution in [0.4, 0.5) is 0 Å². The first-order valence-electron chi connectivity index (χ1n) is 10.1. The molecule has 2 amide bonds. The topological polar surface area (TPSA) is 73.5 Å². The molecule has 3 aliphatic rings. The number of Topliss-reactive ketones (excluding diaryl/α,β-unsaturated/α-hetero) is 1. The zero-order valence-electron chi connectivity index (χ0n) is 16.6. The lowest BCUT2D eigenvalue weighted by Crippen LogP contribution is -2.51. The number of nitrogens with zero attached hydrogens (tertiary/aromatic N) is 2. The van der Waals surface area contributed by atoms with Crippen molar-refractivity contribution in [3.05, 3.63) is 22.5 Å². The van der Waals surface area contributed by atoms with Crippen LogP contribution in [0.2, 0.25) is 0 Å². The minimum atomic E-state index is -0.398. The van der Waals surface area contributed by atoms with Crippen molar-refractivity contribution in [2.24, 2.45) is 11.3 Å². The number of rotatable bonds is 4. The van der Waals surface area contributed by atoms with Gasteiger partial charge in [-0.3, -0.25) is 14.4 Å². The number of H-pyrrole nitrogens is 1. The Balaban J connectivity index is 1.53. The van der Waals surface area contributed by atoms with Crippen molar-refractivity contribution < 1.29 is 14.4 Å². The summed E-state index contributed by atoms with van der Waals surface area (Å²) in [7, 11) is 0. The predicted octanol–water partition coefficient (Wildman–Crippen LogP) is 2.70. The highest BCUT2D eigenvalue weighted by Crippen LogP contribution is 2.42. The molecule has 1 aromatic heterocycles. The number of likely N-dealkylation sites (tertiary alicyclic amines) is 2. The molecule has 2 aliphatic heterocycles. The van der Waals surface area contributed by atoms with Crippen LogP contribution in [0.25, 0.3) is 0 Å². The molecule has 0 unspecified atom stereocenters. The Labute approximate surface area is 160 Å². The molecular weight excluding hydrogens is 342 g/mol. The first kappa shape index (κ1) is 18.3. The first-order chi connectivity index (χ1) is 12.8. The van der Waals surface area contributed by atoms with Gasteiger partial charge in [0.15, 0.2) is 5.78 Å². The molecule has 27 heavy (non-hydrogen) atoms. The molecule has 6 heteroatoms. The zero-order valence-corrected chi connectivity index (χ0v) is 16.6. The van der Waals surface area contributed by atoms with Gasteiger partial charge in [0.2, 0.25) is 5.91 Å². The van der Waals surface area contributed by atoms with Crippen molar-refractivity contribution >= 4 is 17.6 Å². The Bertz CT molecular complexity index is 808. The molecule has 0 aromatic carbocycles. The molecule has 1 spiro atoms. The van der Waals surface area contributed by atoms with Crippen LogP contribution >= 0.6 is 0 Å². The van der Waals surface area contributed by atoms with Crippen molar-refractivity contribution in [3.63, 3.8) is 0 Å². The maximum atomic E-state index is 13.2. The molecule has 1 aromatic rings. The fraction of sp³-hybridized carbons (Fsp3) is 0.667. The van der Waals surface area contributed by atoms with Gasteiger partial charge in [0, 0.05) is 38.8 Å². The highest BCUT2D eigenvalue weighted by Gasteiger charge is 2.50. The van der Waals surface area contributed by atoms with Crippen LogP contribution in [-0.4, -0.2) is 58.6 Å². The van der Waals surface area contributed by atoms with Gasteiger partial charge in [-0.2, -0.15) is 0 Å². The number of aryl methyl sites for hydroxylation is 1. The van der Waals surface area contributed by atoms with E-state index in [-0.39, 0.29) is 17.6 Å². The number of nitrogens with one attached hydrogen (secondary N) is 1. The van der Waals surface area contributed by atoms with Gasteiger partial charge in [0.1, 0.15) is 0 Å². The molecule has 1 atom stereocenters. The number of ketones is 1. The van der Waals surface area contributed by atoms with Gasteiger partial charge in [0.25, 0.3) is 5.91 Å². The summed E-state index contributed by atoms with van der Waals surface area (Å²) in [5, 5.41) is 0. The van der Waals surface area contributed by atoms with Gasteiger partial charge in [-0.05, 0) is 57.4 Å².